The van der Waals surface area contributed by atoms with E-state index < -0.39 is 0 Å². The first kappa shape index (κ1) is 15.1. The molecule has 0 bridgehead atoms. The smallest absolute Gasteiger partial charge is 0.256 e. The van der Waals surface area contributed by atoms with Crippen molar-refractivity contribution in [1.82, 2.24) is 20.1 Å². The Morgan fingerprint density at radius 3 is 3.09 bits per heavy atom. The van der Waals surface area contributed by atoms with Gasteiger partial charge in [0, 0.05) is 25.9 Å². The highest BCUT2D eigenvalue weighted by molar-refractivity contribution is 6.32. The Morgan fingerprint density at radius 2 is 2.27 bits per heavy atom. The van der Waals surface area contributed by atoms with Crippen molar-refractivity contribution in [2.75, 3.05) is 6.54 Å². The number of hydrogen-bond donors (Lipinski definition) is 1. The minimum atomic E-state index is -0.209. The predicted octanol–water partition coefficient (Wildman–Crippen LogP) is 2.61. The SMILES string of the molecule is O=C(NCCCc1nnc2n1CCCCC2)c1ccoc1Cl. The molecule has 3 heterocycles. The van der Waals surface area contributed by atoms with Crippen molar-refractivity contribution in [3.05, 3.63) is 34.8 Å². The molecule has 0 spiro atoms. The molecule has 1 amide bonds. The Bertz CT molecular complexity index is 650. The molecule has 0 fully saturated rings. The third-order valence-electron chi connectivity index (χ3n) is 3.91. The van der Waals surface area contributed by atoms with E-state index in [-0.39, 0.29) is 11.1 Å². The van der Waals surface area contributed by atoms with Crippen LogP contribution in [0.5, 0.6) is 0 Å². The number of aryl methyl sites for hydroxylation is 2. The van der Waals surface area contributed by atoms with Crippen molar-refractivity contribution in [3.8, 4) is 0 Å². The summed E-state index contributed by atoms with van der Waals surface area (Å²) in [7, 11) is 0. The van der Waals surface area contributed by atoms with Gasteiger partial charge in [-0.05, 0) is 36.9 Å². The molecule has 0 radical (unpaired) electrons. The summed E-state index contributed by atoms with van der Waals surface area (Å²) < 4.78 is 7.15. The Hall–Kier alpha value is -1.82. The van der Waals surface area contributed by atoms with Crippen LogP contribution >= 0.6 is 11.6 Å². The zero-order valence-electron chi connectivity index (χ0n) is 12.3. The van der Waals surface area contributed by atoms with Crippen molar-refractivity contribution in [3.63, 3.8) is 0 Å². The fraction of sp³-hybridized carbons (Fsp3) is 0.533. The van der Waals surface area contributed by atoms with Crippen LogP contribution in [-0.4, -0.2) is 27.2 Å². The third-order valence-corrected chi connectivity index (χ3v) is 4.20. The number of carbonyl (C=O) groups is 1. The average Bonchev–Trinajstić information content (AvgIpc) is 3.03. The van der Waals surface area contributed by atoms with E-state index in [9.17, 15) is 4.79 Å². The van der Waals surface area contributed by atoms with Gasteiger partial charge in [0.2, 0.25) is 5.22 Å². The van der Waals surface area contributed by atoms with E-state index in [0.29, 0.717) is 12.1 Å². The van der Waals surface area contributed by atoms with E-state index >= 15 is 0 Å². The minimum absolute atomic E-state index is 0.125. The summed E-state index contributed by atoms with van der Waals surface area (Å²) in [5.74, 6) is 1.91. The number of nitrogens with zero attached hydrogens (tertiary/aromatic N) is 3. The second-order valence-corrected chi connectivity index (χ2v) is 5.81. The van der Waals surface area contributed by atoms with E-state index in [2.05, 4.69) is 20.1 Å². The molecule has 1 aliphatic rings. The number of rotatable bonds is 5. The Balaban J connectivity index is 1.49. The lowest BCUT2D eigenvalue weighted by Gasteiger charge is -2.07. The summed E-state index contributed by atoms with van der Waals surface area (Å²) in [6.07, 6.45) is 7.69. The van der Waals surface area contributed by atoms with Gasteiger partial charge in [-0.2, -0.15) is 0 Å². The molecular weight excluding hydrogens is 304 g/mol. The first-order valence-corrected chi connectivity index (χ1v) is 8.05. The molecule has 0 unspecified atom stereocenters. The van der Waals surface area contributed by atoms with Crippen molar-refractivity contribution in [2.24, 2.45) is 0 Å². The second-order valence-electron chi connectivity index (χ2n) is 5.46. The van der Waals surface area contributed by atoms with E-state index in [0.717, 1.165) is 37.5 Å². The molecule has 118 valence electrons. The van der Waals surface area contributed by atoms with Crippen LogP contribution in [0.1, 0.15) is 47.7 Å². The maximum absolute atomic E-state index is 11.9. The van der Waals surface area contributed by atoms with Gasteiger partial charge in [0.05, 0.1) is 11.8 Å². The lowest BCUT2D eigenvalue weighted by molar-refractivity contribution is 0.0952. The zero-order chi connectivity index (χ0) is 15.4. The monoisotopic (exact) mass is 322 g/mol. The van der Waals surface area contributed by atoms with Gasteiger partial charge >= 0.3 is 0 Å². The molecule has 0 atom stereocenters. The minimum Gasteiger partial charge on any atom is -0.452 e. The zero-order valence-corrected chi connectivity index (χ0v) is 13.1. The maximum atomic E-state index is 11.9. The number of amides is 1. The lowest BCUT2D eigenvalue weighted by atomic mass is 10.2. The van der Waals surface area contributed by atoms with E-state index in [1.807, 2.05) is 0 Å². The number of fused-ring (bicyclic) bond motifs is 1. The molecule has 0 saturated heterocycles. The van der Waals surface area contributed by atoms with Gasteiger partial charge in [-0.15, -0.1) is 10.2 Å². The largest absolute Gasteiger partial charge is 0.452 e. The van der Waals surface area contributed by atoms with Crippen LogP contribution in [0, 0.1) is 0 Å². The maximum Gasteiger partial charge on any atom is 0.256 e. The van der Waals surface area contributed by atoms with Gasteiger partial charge in [-0.1, -0.05) is 6.42 Å². The Labute approximate surface area is 133 Å². The van der Waals surface area contributed by atoms with E-state index in [4.69, 9.17) is 16.0 Å². The van der Waals surface area contributed by atoms with Crippen LogP contribution in [0.2, 0.25) is 5.22 Å². The highest BCUT2D eigenvalue weighted by Crippen LogP contribution is 2.17. The summed E-state index contributed by atoms with van der Waals surface area (Å²) in [5, 5.41) is 11.5. The number of nitrogens with one attached hydrogen (secondary N) is 1. The average molecular weight is 323 g/mol. The molecule has 2 aromatic rings. The molecular formula is C15H19ClN4O2. The molecule has 2 aromatic heterocycles. The summed E-state index contributed by atoms with van der Waals surface area (Å²) in [5.41, 5.74) is 0.373. The molecule has 0 aromatic carbocycles. The van der Waals surface area contributed by atoms with Gasteiger partial charge in [0.15, 0.2) is 0 Å². The number of furan rings is 1. The van der Waals surface area contributed by atoms with Crippen molar-refractivity contribution >= 4 is 17.5 Å². The van der Waals surface area contributed by atoms with E-state index in [1.54, 1.807) is 6.07 Å². The number of halogens is 1. The normalized spacial score (nSPS) is 14.4. The van der Waals surface area contributed by atoms with Crippen molar-refractivity contribution in [1.29, 1.82) is 0 Å². The molecule has 6 nitrogen and oxygen atoms in total. The summed E-state index contributed by atoms with van der Waals surface area (Å²) >= 11 is 5.77. The number of hydrogen-bond acceptors (Lipinski definition) is 4. The topological polar surface area (TPSA) is 73.0 Å². The molecule has 22 heavy (non-hydrogen) atoms. The van der Waals surface area contributed by atoms with Crippen LogP contribution in [0.3, 0.4) is 0 Å². The summed E-state index contributed by atoms with van der Waals surface area (Å²) in [6.45, 7) is 1.58. The highest BCUT2D eigenvalue weighted by atomic mass is 35.5. The van der Waals surface area contributed by atoms with Crippen LogP contribution < -0.4 is 5.32 Å². The third kappa shape index (κ3) is 3.32. The Morgan fingerprint density at radius 1 is 1.36 bits per heavy atom. The van der Waals surface area contributed by atoms with Crippen molar-refractivity contribution in [2.45, 2.75) is 45.1 Å². The van der Waals surface area contributed by atoms with Gasteiger partial charge in [0.25, 0.3) is 5.91 Å². The van der Waals surface area contributed by atoms with Crippen LogP contribution in [0.4, 0.5) is 0 Å². The van der Waals surface area contributed by atoms with Gasteiger partial charge in [-0.3, -0.25) is 4.79 Å². The molecule has 0 saturated carbocycles. The quantitative estimate of drug-likeness (QED) is 0.859. The molecule has 1 aliphatic heterocycles. The fourth-order valence-corrected chi connectivity index (χ4v) is 2.93. The summed E-state index contributed by atoms with van der Waals surface area (Å²) in [6, 6.07) is 1.57. The molecule has 0 aliphatic carbocycles. The van der Waals surface area contributed by atoms with Crippen LogP contribution in [0.15, 0.2) is 16.7 Å². The van der Waals surface area contributed by atoms with Gasteiger partial charge in [0.1, 0.15) is 11.6 Å². The first-order valence-electron chi connectivity index (χ1n) is 7.68. The summed E-state index contributed by atoms with van der Waals surface area (Å²) in [4.78, 5) is 11.9. The molecule has 7 heteroatoms. The molecule has 3 rings (SSSR count). The standard InChI is InChI=1S/C15H19ClN4O2/c16-14-11(7-10-22-14)15(21)17-8-4-6-13-19-18-12-5-2-1-3-9-20(12)13/h7,10H,1-6,8-9H2,(H,17,21). The fourth-order valence-electron chi connectivity index (χ4n) is 2.73. The molecule has 1 N–H and O–H groups in total. The van der Waals surface area contributed by atoms with Gasteiger partial charge < -0.3 is 14.3 Å². The first-order chi connectivity index (χ1) is 10.8. The van der Waals surface area contributed by atoms with Gasteiger partial charge in [-0.25, -0.2) is 0 Å². The predicted molar refractivity (Wildman–Crippen MR) is 81.9 cm³/mol. The highest BCUT2D eigenvalue weighted by Gasteiger charge is 2.15. The lowest BCUT2D eigenvalue weighted by Crippen LogP contribution is -2.24. The number of aromatic nitrogens is 3. The van der Waals surface area contributed by atoms with Crippen LogP contribution in [-0.2, 0) is 19.4 Å². The Kier molecular flexibility index (Phi) is 4.77. The van der Waals surface area contributed by atoms with Crippen molar-refractivity contribution < 1.29 is 9.21 Å². The van der Waals surface area contributed by atoms with Crippen LogP contribution in [0.25, 0.3) is 0 Å². The van der Waals surface area contributed by atoms with E-state index in [1.165, 1.54) is 25.5 Å². The second kappa shape index (κ2) is 6.96. The number of carbonyl (C=O) groups excluding carboxylic acids is 1.